The van der Waals surface area contributed by atoms with E-state index in [0.717, 1.165) is 16.9 Å². The van der Waals surface area contributed by atoms with E-state index in [2.05, 4.69) is 0 Å². The van der Waals surface area contributed by atoms with E-state index in [1.165, 1.54) is 5.56 Å². The van der Waals surface area contributed by atoms with Gasteiger partial charge in [-0.25, -0.2) is 0 Å². The van der Waals surface area contributed by atoms with Crippen molar-refractivity contribution in [1.82, 2.24) is 0 Å². The molecular formula is C27H30O4. The number of aromatic hydroxyl groups is 1. The third kappa shape index (κ3) is 6.11. The topological polar surface area (TPSA) is 55.8 Å². The lowest BCUT2D eigenvalue weighted by atomic mass is 9.98. The van der Waals surface area contributed by atoms with E-state index in [-0.39, 0.29) is 17.5 Å². The molecule has 1 N–H and O–H groups in total. The molecule has 162 valence electrons. The number of carbonyl (C=O) groups excluding carboxylic acids is 1. The molecule has 0 unspecified atom stereocenters. The normalized spacial score (nSPS) is 10.9. The van der Waals surface area contributed by atoms with Crippen LogP contribution in [0.3, 0.4) is 0 Å². The summed E-state index contributed by atoms with van der Waals surface area (Å²) in [5.41, 5.74) is 4.19. The van der Waals surface area contributed by atoms with Gasteiger partial charge in [0, 0.05) is 12.0 Å². The van der Waals surface area contributed by atoms with Gasteiger partial charge in [-0.15, -0.1) is 0 Å². The molecule has 0 radical (unpaired) electrons. The quantitative estimate of drug-likeness (QED) is 0.409. The van der Waals surface area contributed by atoms with Crippen molar-refractivity contribution < 1.29 is 19.4 Å². The summed E-state index contributed by atoms with van der Waals surface area (Å²) in [4.78, 5) is 12.3. The van der Waals surface area contributed by atoms with Gasteiger partial charge in [0.05, 0.1) is 5.56 Å². The van der Waals surface area contributed by atoms with E-state index in [1.54, 1.807) is 19.1 Å². The van der Waals surface area contributed by atoms with Crippen molar-refractivity contribution in [2.24, 2.45) is 5.92 Å². The van der Waals surface area contributed by atoms with Crippen LogP contribution < -0.4 is 9.47 Å². The third-order valence-electron chi connectivity index (χ3n) is 5.09. The lowest BCUT2D eigenvalue weighted by Crippen LogP contribution is -2.05. The van der Waals surface area contributed by atoms with Gasteiger partial charge in [0.2, 0.25) is 0 Å². The van der Waals surface area contributed by atoms with E-state index in [0.29, 0.717) is 36.5 Å². The van der Waals surface area contributed by atoms with Gasteiger partial charge in [0.15, 0.2) is 5.78 Å². The monoisotopic (exact) mass is 418 g/mol. The van der Waals surface area contributed by atoms with Crippen LogP contribution in [-0.4, -0.2) is 10.9 Å². The summed E-state index contributed by atoms with van der Waals surface area (Å²) in [7, 11) is 0. The highest BCUT2D eigenvalue weighted by molar-refractivity contribution is 5.99. The zero-order chi connectivity index (χ0) is 22.4. The van der Waals surface area contributed by atoms with Crippen molar-refractivity contribution in [1.29, 1.82) is 0 Å². The Hall–Kier alpha value is -3.27. The minimum atomic E-state index is -0.0524. The van der Waals surface area contributed by atoms with Crippen LogP contribution in [0.15, 0.2) is 60.7 Å². The van der Waals surface area contributed by atoms with E-state index in [9.17, 15) is 9.90 Å². The summed E-state index contributed by atoms with van der Waals surface area (Å²) in [6, 6.07) is 19.4. The number of rotatable bonds is 9. The fraction of sp³-hybridized carbons (Fsp3) is 0.296. The molecule has 3 aromatic rings. The molecule has 0 atom stereocenters. The molecule has 0 spiro atoms. The minimum Gasteiger partial charge on any atom is -0.507 e. The highest BCUT2D eigenvalue weighted by atomic mass is 16.5. The molecule has 3 rings (SSSR count). The van der Waals surface area contributed by atoms with Crippen molar-refractivity contribution in [2.45, 2.75) is 47.3 Å². The Balaban J connectivity index is 1.63. The molecule has 3 aromatic carbocycles. The molecule has 0 aromatic heterocycles. The van der Waals surface area contributed by atoms with Gasteiger partial charge in [0.25, 0.3) is 0 Å². The standard InChI is InChI=1S/C27H30O4/c1-18(2)14-25(28)24-12-13-26(20(4)27(24)29)31-17-22-7-5-6-21(15-22)16-30-23-10-8-19(3)9-11-23/h5-13,15,18,29H,14,16-17H2,1-4H3. The molecule has 0 aliphatic carbocycles. The van der Waals surface area contributed by atoms with Crippen molar-refractivity contribution in [3.05, 3.63) is 88.5 Å². The first kappa shape index (κ1) is 22.4. The van der Waals surface area contributed by atoms with Crippen LogP contribution in [0.25, 0.3) is 0 Å². The molecule has 0 saturated carbocycles. The van der Waals surface area contributed by atoms with Crippen LogP contribution in [0.1, 0.15) is 52.9 Å². The molecule has 0 aliphatic rings. The van der Waals surface area contributed by atoms with Crippen LogP contribution in [-0.2, 0) is 13.2 Å². The summed E-state index contributed by atoms with van der Waals surface area (Å²) < 4.78 is 11.8. The average molecular weight is 419 g/mol. The van der Waals surface area contributed by atoms with E-state index in [4.69, 9.17) is 9.47 Å². The van der Waals surface area contributed by atoms with E-state index >= 15 is 0 Å². The fourth-order valence-electron chi connectivity index (χ4n) is 3.32. The maximum absolute atomic E-state index is 12.3. The Morgan fingerprint density at radius 1 is 0.903 bits per heavy atom. The smallest absolute Gasteiger partial charge is 0.166 e. The third-order valence-corrected chi connectivity index (χ3v) is 5.09. The van der Waals surface area contributed by atoms with Crippen LogP contribution in [0, 0.1) is 19.8 Å². The lowest BCUT2D eigenvalue weighted by molar-refractivity contribution is 0.0965. The molecule has 0 fully saturated rings. The number of aryl methyl sites for hydroxylation is 1. The van der Waals surface area contributed by atoms with Crippen molar-refractivity contribution in [3.63, 3.8) is 0 Å². The SMILES string of the molecule is Cc1ccc(OCc2cccc(COc3ccc(C(=O)CC(C)C)c(O)c3C)c2)cc1. The molecule has 0 bridgehead atoms. The van der Waals surface area contributed by atoms with Crippen molar-refractivity contribution >= 4 is 5.78 Å². The highest BCUT2D eigenvalue weighted by Crippen LogP contribution is 2.32. The van der Waals surface area contributed by atoms with Gasteiger partial charge in [-0.05, 0) is 61.2 Å². The first-order chi connectivity index (χ1) is 14.8. The average Bonchev–Trinajstić information content (AvgIpc) is 2.74. The highest BCUT2D eigenvalue weighted by Gasteiger charge is 2.17. The number of hydrogen-bond acceptors (Lipinski definition) is 4. The van der Waals surface area contributed by atoms with E-state index in [1.807, 2.05) is 69.3 Å². The number of phenols is 1. The number of hydrogen-bond donors (Lipinski definition) is 1. The summed E-state index contributed by atoms with van der Waals surface area (Å²) in [5.74, 6) is 1.60. The van der Waals surface area contributed by atoms with Crippen LogP contribution in [0.4, 0.5) is 0 Å². The lowest BCUT2D eigenvalue weighted by Gasteiger charge is -2.14. The predicted molar refractivity (Wildman–Crippen MR) is 123 cm³/mol. The minimum absolute atomic E-state index is 0.00315. The maximum atomic E-state index is 12.3. The summed E-state index contributed by atoms with van der Waals surface area (Å²) in [6.45, 7) is 8.62. The molecular weight excluding hydrogens is 388 g/mol. The maximum Gasteiger partial charge on any atom is 0.166 e. The molecule has 0 saturated heterocycles. The Labute approximate surface area is 184 Å². The van der Waals surface area contributed by atoms with Crippen LogP contribution in [0.5, 0.6) is 17.2 Å². The molecule has 4 nitrogen and oxygen atoms in total. The zero-order valence-corrected chi connectivity index (χ0v) is 18.6. The molecule has 0 amide bonds. The van der Waals surface area contributed by atoms with Crippen LogP contribution >= 0.6 is 0 Å². The summed E-state index contributed by atoms with van der Waals surface area (Å²) in [5, 5.41) is 10.5. The van der Waals surface area contributed by atoms with Gasteiger partial charge in [-0.1, -0.05) is 49.7 Å². The molecule has 0 aliphatic heterocycles. The second kappa shape index (κ2) is 10.2. The summed E-state index contributed by atoms with van der Waals surface area (Å²) >= 11 is 0. The number of ketones is 1. The Morgan fingerprint density at radius 2 is 1.55 bits per heavy atom. The van der Waals surface area contributed by atoms with E-state index < -0.39 is 0 Å². The molecule has 31 heavy (non-hydrogen) atoms. The van der Waals surface area contributed by atoms with Crippen molar-refractivity contribution in [3.8, 4) is 17.2 Å². The summed E-state index contributed by atoms with van der Waals surface area (Å²) in [6.07, 6.45) is 0.407. The number of carbonyl (C=O) groups is 1. The fourth-order valence-corrected chi connectivity index (χ4v) is 3.32. The zero-order valence-electron chi connectivity index (χ0n) is 18.6. The second-order valence-corrected chi connectivity index (χ2v) is 8.32. The van der Waals surface area contributed by atoms with Crippen molar-refractivity contribution in [2.75, 3.05) is 0 Å². The first-order valence-electron chi connectivity index (χ1n) is 10.6. The largest absolute Gasteiger partial charge is 0.507 e. The Morgan fingerprint density at radius 3 is 2.19 bits per heavy atom. The Bertz CT molecular complexity index is 1040. The molecule has 0 heterocycles. The Kier molecular flexibility index (Phi) is 7.35. The van der Waals surface area contributed by atoms with Gasteiger partial charge < -0.3 is 14.6 Å². The molecule has 4 heteroatoms. The number of phenolic OH excluding ortho intramolecular Hbond substituents is 1. The van der Waals surface area contributed by atoms with Crippen LogP contribution in [0.2, 0.25) is 0 Å². The second-order valence-electron chi connectivity index (χ2n) is 8.32. The number of ether oxygens (including phenoxy) is 2. The number of benzene rings is 3. The van der Waals surface area contributed by atoms with Gasteiger partial charge >= 0.3 is 0 Å². The first-order valence-corrected chi connectivity index (χ1v) is 10.6. The van der Waals surface area contributed by atoms with Gasteiger partial charge in [0.1, 0.15) is 30.5 Å². The number of Topliss-reactive ketones (excluding diaryl/α,β-unsaturated/α-hetero) is 1. The van der Waals surface area contributed by atoms with Gasteiger partial charge in [-0.2, -0.15) is 0 Å². The van der Waals surface area contributed by atoms with Gasteiger partial charge in [-0.3, -0.25) is 4.79 Å². The predicted octanol–water partition coefficient (Wildman–Crippen LogP) is 6.40.